The summed E-state index contributed by atoms with van der Waals surface area (Å²) in [5.41, 5.74) is 8.29. The molecule has 4 heteroatoms. The largest absolute Gasteiger partial charge is 0.370 e. The second-order valence-electron chi connectivity index (χ2n) is 5.34. The summed E-state index contributed by atoms with van der Waals surface area (Å²) in [6.07, 6.45) is 7.75. The molecule has 0 bridgehead atoms. The highest BCUT2D eigenvalue weighted by atomic mass is 15.3. The van der Waals surface area contributed by atoms with Crippen molar-refractivity contribution in [3.05, 3.63) is 24.0 Å². The minimum absolute atomic E-state index is 0.577. The van der Waals surface area contributed by atoms with Crippen molar-refractivity contribution in [3.8, 4) is 0 Å². The Balaban J connectivity index is 1.82. The van der Waals surface area contributed by atoms with E-state index in [0.29, 0.717) is 6.54 Å². The highest BCUT2D eigenvalue weighted by Gasteiger charge is 2.29. The second kappa shape index (κ2) is 5.24. The standard InChI is InChI=1S/C14H22N4/c15-9-12-10-16-5-4-14(12)18-8-2-7-17-6-1-3-13(17)11-18/h4-5,10,13H,1-3,6-9,11,15H2. The summed E-state index contributed by atoms with van der Waals surface area (Å²) in [5.74, 6) is 0. The Hall–Kier alpha value is -1.13. The lowest BCUT2D eigenvalue weighted by molar-refractivity contribution is 0.273. The molecule has 3 heterocycles. The maximum absolute atomic E-state index is 5.83. The van der Waals surface area contributed by atoms with Crippen LogP contribution in [0.1, 0.15) is 24.8 Å². The number of hydrogen-bond acceptors (Lipinski definition) is 4. The SMILES string of the molecule is NCc1cnccc1N1CCCN2CCCC2C1. The first-order valence-electron chi connectivity index (χ1n) is 7.00. The van der Waals surface area contributed by atoms with E-state index in [1.54, 1.807) is 0 Å². The van der Waals surface area contributed by atoms with Crippen LogP contribution in [-0.4, -0.2) is 42.1 Å². The first-order valence-corrected chi connectivity index (χ1v) is 7.00. The normalized spacial score (nSPS) is 24.9. The van der Waals surface area contributed by atoms with E-state index < -0.39 is 0 Å². The van der Waals surface area contributed by atoms with E-state index in [1.807, 2.05) is 12.4 Å². The zero-order valence-corrected chi connectivity index (χ0v) is 10.9. The quantitative estimate of drug-likeness (QED) is 0.852. The molecule has 0 saturated carbocycles. The van der Waals surface area contributed by atoms with Crippen molar-refractivity contribution in [1.29, 1.82) is 0 Å². The zero-order valence-electron chi connectivity index (χ0n) is 10.9. The van der Waals surface area contributed by atoms with Gasteiger partial charge < -0.3 is 10.6 Å². The average molecular weight is 246 g/mol. The van der Waals surface area contributed by atoms with E-state index >= 15 is 0 Å². The van der Waals surface area contributed by atoms with Gasteiger partial charge in [-0.25, -0.2) is 0 Å². The molecule has 1 unspecified atom stereocenters. The molecule has 1 aromatic rings. The molecule has 98 valence electrons. The van der Waals surface area contributed by atoms with E-state index in [2.05, 4.69) is 20.9 Å². The number of nitrogens with two attached hydrogens (primary N) is 1. The average Bonchev–Trinajstić information content (AvgIpc) is 2.76. The molecule has 2 aliphatic rings. The zero-order chi connectivity index (χ0) is 12.4. The van der Waals surface area contributed by atoms with Crippen molar-refractivity contribution in [2.45, 2.75) is 31.8 Å². The Morgan fingerprint density at radius 1 is 1.28 bits per heavy atom. The Bertz CT molecular complexity index is 407. The number of hydrogen-bond donors (Lipinski definition) is 1. The third-order valence-corrected chi connectivity index (χ3v) is 4.24. The number of anilines is 1. The van der Waals surface area contributed by atoms with Gasteiger partial charge in [0.15, 0.2) is 0 Å². The van der Waals surface area contributed by atoms with E-state index in [1.165, 1.54) is 43.6 Å². The van der Waals surface area contributed by atoms with E-state index in [9.17, 15) is 0 Å². The molecule has 18 heavy (non-hydrogen) atoms. The molecule has 4 nitrogen and oxygen atoms in total. The van der Waals surface area contributed by atoms with Gasteiger partial charge in [-0.2, -0.15) is 0 Å². The summed E-state index contributed by atoms with van der Waals surface area (Å²) in [5, 5.41) is 0. The number of nitrogens with zero attached hydrogens (tertiary/aromatic N) is 3. The van der Waals surface area contributed by atoms with Gasteiger partial charge in [-0.1, -0.05) is 0 Å². The predicted octanol–water partition coefficient (Wildman–Crippen LogP) is 1.21. The minimum atomic E-state index is 0.577. The fraction of sp³-hybridized carbons (Fsp3) is 0.643. The molecule has 2 aliphatic heterocycles. The topological polar surface area (TPSA) is 45.4 Å². The second-order valence-corrected chi connectivity index (χ2v) is 5.34. The van der Waals surface area contributed by atoms with Crippen LogP contribution >= 0.6 is 0 Å². The van der Waals surface area contributed by atoms with Crippen LogP contribution in [0.15, 0.2) is 18.5 Å². The number of aromatic nitrogens is 1. The number of fused-ring (bicyclic) bond motifs is 1. The van der Waals surface area contributed by atoms with Gasteiger partial charge in [-0.3, -0.25) is 9.88 Å². The molecular weight excluding hydrogens is 224 g/mol. The van der Waals surface area contributed by atoms with Gasteiger partial charge in [-0.05, 0) is 31.9 Å². The highest BCUT2D eigenvalue weighted by molar-refractivity contribution is 5.52. The predicted molar refractivity (Wildman–Crippen MR) is 73.6 cm³/mol. The van der Waals surface area contributed by atoms with Crippen LogP contribution in [0.25, 0.3) is 0 Å². The van der Waals surface area contributed by atoms with Crippen LogP contribution in [-0.2, 0) is 6.54 Å². The van der Waals surface area contributed by atoms with Gasteiger partial charge in [0.25, 0.3) is 0 Å². The highest BCUT2D eigenvalue weighted by Crippen LogP contribution is 2.26. The Morgan fingerprint density at radius 3 is 3.06 bits per heavy atom. The molecule has 3 rings (SSSR count). The molecule has 2 N–H and O–H groups in total. The molecule has 0 spiro atoms. The molecule has 0 amide bonds. The summed E-state index contributed by atoms with van der Waals surface area (Å²) < 4.78 is 0. The molecule has 0 aromatic carbocycles. The summed E-state index contributed by atoms with van der Waals surface area (Å²) in [7, 11) is 0. The lowest BCUT2D eigenvalue weighted by Crippen LogP contribution is -2.37. The third-order valence-electron chi connectivity index (χ3n) is 4.24. The van der Waals surface area contributed by atoms with Crippen molar-refractivity contribution in [2.75, 3.05) is 31.1 Å². The maximum Gasteiger partial charge on any atom is 0.0443 e. The lowest BCUT2D eigenvalue weighted by atomic mass is 10.1. The van der Waals surface area contributed by atoms with Crippen LogP contribution < -0.4 is 10.6 Å². The monoisotopic (exact) mass is 246 g/mol. The number of rotatable bonds is 2. The molecular formula is C14H22N4. The van der Waals surface area contributed by atoms with Gasteiger partial charge in [0.2, 0.25) is 0 Å². The van der Waals surface area contributed by atoms with Gasteiger partial charge in [0.1, 0.15) is 0 Å². The van der Waals surface area contributed by atoms with E-state index in [4.69, 9.17) is 5.73 Å². The fourth-order valence-corrected chi connectivity index (χ4v) is 3.31. The van der Waals surface area contributed by atoms with E-state index in [-0.39, 0.29) is 0 Å². The van der Waals surface area contributed by atoms with Crippen LogP contribution in [0.4, 0.5) is 5.69 Å². The molecule has 1 atom stereocenters. The summed E-state index contributed by atoms with van der Waals surface area (Å²) >= 11 is 0. The van der Waals surface area contributed by atoms with Gasteiger partial charge >= 0.3 is 0 Å². The van der Waals surface area contributed by atoms with Crippen LogP contribution in [0.3, 0.4) is 0 Å². The van der Waals surface area contributed by atoms with Gasteiger partial charge in [0, 0.05) is 55.9 Å². The first-order chi connectivity index (χ1) is 8.88. The molecule has 0 radical (unpaired) electrons. The fourth-order valence-electron chi connectivity index (χ4n) is 3.31. The summed E-state index contributed by atoms with van der Waals surface area (Å²) in [6.45, 7) is 5.41. The number of pyridine rings is 1. The summed E-state index contributed by atoms with van der Waals surface area (Å²) in [6, 6.07) is 2.86. The van der Waals surface area contributed by atoms with Crippen LogP contribution in [0.2, 0.25) is 0 Å². The van der Waals surface area contributed by atoms with Crippen molar-refractivity contribution < 1.29 is 0 Å². The lowest BCUT2D eigenvalue weighted by Gasteiger charge is -2.28. The van der Waals surface area contributed by atoms with Crippen molar-refractivity contribution in [1.82, 2.24) is 9.88 Å². The maximum atomic E-state index is 5.83. The van der Waals surface area contributed by atoms with Crippen molar-refractivity contribution >= 4 is 5.69 Å². The smallest absolute Gasteiger partial charge is 0.0443 e. The van der Waals surface area contributed by atoms with Crippen LogP contribution in [0.5, 0.6) is 0 Å². The molecule has 2 fully saturated rings. The van der Waals surface area contributed by atoms with Crippen LogP contribution in [0, 0.1) is 0 Å². The molecule has 1 aromatic heterocycles. The van der Waals surface area contributed by atoms with E-state index in [0.717, 1.165) is 19.1 Å². The Morgan fingerprint density at radius 2 is 2.17 bits per heavy atom. The molecule has 0 aliphatic carbocycles. The van der Waals surface area contributed by atoms with Crippen molar-refractivity contribution in [2.24, 2.45) is 5.73 Å². The first kappa shape index (κ1) is 11.9. The molecule has 2 saturated heterocycles. The summed E-state index contributed by atoms with van der Waals surface area (Å²) in [4.78, 5) is 9.35. The van der Waals surface area contributed by atoms with Gasteiger partial charge in [-0.15, -0.1) is 0 Å². The Kier molecular flexibility index (Phi) is 3.48. The Labute approximate surface area is 109 Å². The van der Waals surface area contributed by atoms with Crippen molar-refractivity contribution in [3.63, 3.8) is 0 Å². The third kappa shape index (κ3) is 2.22. The van der Waals surface area contributed by atoms with Gasteiger partial charge in [0.05, 0.1) is 0 Å². The minimum Gasteiger partial charge on any atom is -0.370 e.